The lowest BCUT2D eigenvalue weighted by atomic mass is 10.0. The van der Waals surface area contributed by atoms with E-state index in [1.807, 2.05) is 6.92 Å². The monoisotopic (exact) mass is 298 g/mol. The number of amides is 1. The minimum absolute atomic E-state index is 0.0137. The van der Waals surface area contributed by atoms with E-state index >= 15 is 0 Å². The number of ether oxygens (including phenoxy) is 1. The van der Waals surface area contributed by atoms with Crippen molar-refractivity contribution < 1.29 is 9.53 Å². The van der Waals surface area contributed by atoms with Gasteiger partial charge in [-0.3, -0.25) is 10.1 Å². The summed E-state index contributed by atoms with van der Waals surface area (Å²) in [5, 5.41) is 3.56. The summed E-state index contributed by atoms with van der Waals surface area (Å²) in [6.45, 7) is 14.2. The molecule has 0 aromatic rings. The van der Waals surface area contributed by atoms with Crippen molar-refractivity contribution in [2.45, 2.75) is 79.1 Å². The van der Waals surface area contributed by atoms with Crippen LogP contribution in [0.4, 0.5) is 0 Å². The van der Waals surface area contributed by atoms with Crippen molar-refractivity contribution in [3.05, 3.63) is 0 Å². The van der Waals surface area contributed by atoms with E-state index in [1.54, 1.807) is 0 Å². The van der Waals surface area contributed by atoms with E-state index in [1.165, 1.54) is 0 Å². The fourth-order valence-electron chi connectivity index (χ4n) is 3.01. The zero-order chi connectivity index (χ0) is 16.0. The number of carbonyl (C=O) groups is 1. The zero-order valence-electron chi connectivity index (χ0n) is 14.7. The molecule has 0 spiro atoms. The lowest BCUT2D eigenvalue weighted by Gasteiger charge is -2.36. The van der Waals surface area contributed by atoms with Crippen LogP contribution < -0.4 is 5.32 Å². The molecule has 0 aliphatic carbocycles. The van der Waals surface area contributed by atoms with Crippen LogP contribution in [0.3, 0.4) is 0 Å². The van der Waals surface area contributed by atoms with Gasteiger partial charge in [-0.15, -0.1) is 0 Å². The van der Waals surface area contributed by atoms with E-state index in [4.69, 9.17) is 4.74 Å². The summed E-state index contributed by atoms with van der Waals surface area (Å²) in [6.07, 6.45) is 3.30. The average molecular weight is 298 g/mol. The maximum absolute atomic E-state index is 12.8. The van der Waals surface area contributed by atoms with E-state index in [2.05, 4.69) is 44.8 Å². The Morgan fingerprint density at radius 2 is 1.90 bits per heavy atom. The second kappa shape index (κ2) is 8.74. The number of hydrogen-bond acceptors (Lipinski definition) is 3. The summed E-state index contributed by atoms with van der Waals surface area (Å²) >= 11 is 0. The van der Waals surface area contributed by atoms with Gasteiger partial charge in [0.1, 0.15) is 0 Å². The summed E-state index contributed by atoms with van der Waals surface area (Å²) < 4.78 is 5.64. The van der Waals surface area contributed by atoms with Crippen LogP contribution >= 0.6 is 0 Å². The molecule has 1 rings (SSSR count). The van der Waals surface area contributed by atoms with E-state index < -0.39 is 0 Å². The van der Waals surface area contributed by atoms with Crippen LogP contribution in [0.2, 0.25) is 0 Å². The number of carbonyl (C=O) groups excluding carboxylic acids is 1. The minimum atomic E-state index is -0.0137. The van der Waals surface area contributed by atoms with Crippen molar-refractivity contribution in [1.82, 2.24) is 10.2 Å². The molecule has 1 aliphatic rings. The molecular weight excluding hydrogens is 264 g/mol. The molecule has 3 atom stereocenters. The molecule has 1 amide bonds. The first-order valence-electron chi connectivity index (χ1n) is 8.59. The molecule has 1 aliphatic heterocycles. The number of rotatable bonds is 9. The molecule has 0 bridgehead atoms. The molecule has 1 saturated heterocycles. The third-order valence-corrected chi connectivity index (χ3v) is 4.32. The molecule has 0 saturated carbocycles. The van der Waals surface area contributed by atoms with Gasteiger partial charge in [0, 0.05) is 6.61 Å². The van der Waals surface area contributed by atoms with Gasteiger partial charge in [-0.1, -0.05) is 47.5 Å². The maximum atomic E-state index is 12.8. The third kappa shape index (κ3) is 4.68. The summed E-state index contributed by atoms with van der Waals surface area (Å²) in [5.41, 5.74) is 0. The van der Waals surface area contributed by atoms with Crippen LogP contribution in [-0.4, -0.2) is 42.3 Å². The number of hydrogen-bond donors (Lipinski definition) is 1. The first kappa shape index (κ1) is 18.4. The van der Waals surface area contributed by atoms with E-state index in [9.17, 15) is 4.79 Å². The largest absolute Gasteiger partial charge is 0.380 e. The van der Waals surface area contributed by atoms with Crippen LogP contribution in [0.15, 0.2) is 0 Å². The molecule has 1 N–H and O–H groups in total. The predicted octanol–water partition coefficient (Wildman–Crippen LogP) is 3.02. The number of nitrogens with one attached hydrogen (secondary N) is 1. The van der Waals surface area contributed by atoms with Gasteiger partial charge in [0.25, 0.3) is 0 Å². The average Bonchev–Trinajstić information content (AvgIpc) is 2.74. The third-order valence-electron chi connectivity index (χ3n) is 4.32. The second-order valence-corrected chi connectivity index (χ2v) is 6.77. The van der Waals surface area contributed by atoms with Crippen molar-refractivity contribution in [2.24, 2.45) is 11.8 Å². The van der Waals surface area contributed by atoms with Gasteiger partial charge in [-0.05, 0) is 25.2 Å². The Morgan fingerprint density at radius 1 is 1.24 bits per heavy atom. The smallest absolute Gasteiger partial charge is 0.241 e. The molecule has 1 heterocycles. The second-order valence-electron chi connectivity index (χ2n) is 6.77. The Hall–Kier alpha value is -0.610. The molecule has 124 valence electrons. The highest BCUT2D eigenvalue weighted by Crippen LogP contribution is 2.26. The van der Waals surface area contributed by atoms with E-state index in [0.717, 1.165) is 19.3 Å². The SMILES string of the molecule is CCCCC1NC(C(C)C)N(C(COCC)C(C)C)C1=O. The topological polar surface area (TPSA) is 41.6 Å². The summed E-state index contributed by atoms with van der Waals surface area (Å²) in [7, 11) is 0. The highest BCUT2D eigenvalue weighted by molar-refractivity contribution is 5.84. The van der Waals surface area contributed by atoms with Crippen molar-refractivity contribution in [3.63, 3.8) is 0 Å². The molecule has 3 unspecified atom stereocenters. The maximum Gasteiger partial charge on any atom is 0.241 e. The van der Waals surface area contributed by atoms with Gasteiger partial charge in [-0.25, -0.2) is 0 Å². The normalized spacial score (nSPS) is 24.4. The molecule has 0 aromatic carbocycles. The van der Waals surface area contributed by atoms with Gasteiger partial charge < -0.3 is 9.64 Å². The van der Waals surface area contributed by atoms with E-state index in [0.29, 0.717) is 25.0 Å². The molecule has 21 heavy (non-hydrogen) atoms. The van der Waals surface area contributed by atoms with Gasteiger partial charge in [0.05, 0.1) is 24.9 Å². The predicted molar refractivity (Wildman–Crippen MR) is 87.0 cm³/mol. The minimum Gasteiger partial charge on any atom is -0.380 e. The molecular formula is C17H34N2O2. The zero-order valence-corrected chi connectivity index (χ0v) is 14.7. The number of nitrogens with zero attached hydrogens (tertiary/aromatic N) is 1. The van der Waals surface area contributed by atoms with Crippen LogP contribution in [-0.2, 0) is 9.53 Å². The van der Waals surface area contributed by atoms with E-state index in [-0.39, 0.29) is 24.2 Å². The molecule has 1 fully saturated rings. The van der Waals surface area contributed by atoms with Crippen molar-refractivity contribution in [2.75, 3.05) is 13.2 Å². The Morgan fingerprint density at radius 3 is 2.38 bits per heavy atom. The standard InChI is InChI=1S/C17H34N2O2/c1-7-9-10-14-17(20)19(16(18-14)13(5)6)15(12(3)4)11-21-8-2/h12-16,18H,7-11H2,1-6H3. The highest BCUT2D eigenvalue weighted by atomic mass is 16.5. The highest BCUT2D eigenvalue weighted by Gasteiger charge is 2.43. The van der Waals surface area contributed by atoms with Crippen LogP contribution in [0.5, 0.6) is 0 Å². The molecule has 4 nitrogen and oxygen atoms in total. The van der Waals surface area contributed by atoms with Crippen LogP contribution in [0.25, 0.3) is 0 Å². The van der Waals surface area contributed by atoms with Gasteiger partial charge in [0.15, 0.2) is 0 Å². The Labute approximate surface area is 130 Å². The molecule has 0 radical (unpaired) electrons. The van der Waals surface area contributed by atoms with Gasteiger partial charge in [-0.2, -0.15) is 0 Å². The van der Waals surface area contributed by atoms with Gasteiger partial charge >= 0.3 is 0 Å². The molecule has 0 aromatic heterocycles. The van der Waals surface area contributed by atoms with Gasteiger partial charge in [0.2, 0.25) is 5.91 Å². The van der Waals surface area contributed by atoms with Crippen LogP contribution in [0, 0.1) is 11.8 Å². The quantitative estimate of drug-likeness (QED) is 0.711. The first-order valence-corrected chi connectivity index (χ1v) is 8.59. The Balaban J connectivity index is 2.89. The van der Waals surface area contributed by atoms with Crippen molar-refractivity contribution in [3.8, 4) is 0 Å². The van der Waals surface area contributed by atoms with Crippen LogP contribution in [0.1, 0.15) is 60.8 Å². The Kier molecular flexibility index (Phi) is 7.67. The summed E-state index contributed by atoms with van der Waals surface area (Å²) in [6, 6.07) is 0.143. The molecule has 4 heteroatoms. The lowest BCUT2D eigenvalue weighted by molar-refractivity contribution is -0.135. The fourth-order valence-corrected chi connectivity index (χ4v) is 3.01. The Bertz CT molecular complexity index is 318. The fraction of sp³-hybridized carbons (Fsp3) is 0.941. The first-order chi connectivity index (χ1) is 9.93. The van der Waals surface area contributed by atoms with Crippen molar-refractivity contribution in [1.29, 1.82) is 0 Å². The van der Waals surface area contributed by atoms with Crippen molar-refractivity contribution >= 4 is 5.91 Å². The summed E-state index contributed by atoms with van der Waals surface area (Å²) in [4.78, 5) is 14.9. The lowest BCUT2D eigenvalue weighted by Crippen LogP contribution is -2.51. The number of unbranched alkanes of at least 4 members (excludes halogenated alkanes) is 1. The summed E-state index contributed by atoms with van der Waals surface area (Å²) in [5.74, 6) is 1.07.